The van der Waals surface area contributed by atoms with Crippen LogP contribution in [0.3, 0.4) is 0 Å². The third kappa shape index (κ3) is 4.47. The number of hydrogen-bond acceptors (Lipinski definition) is 5. The van der Waals surface area contributed by atoms with E-state index in [9.17, 15) is 4.79 Å². The van der Waals surface area contributed by atoms with Gasteiger partial charge in [0.05, 0.1) is 0 Å². The highest BCUT2D eigenvalue weighted by molar-refractivity contribution is 7.09. The van der Waals surface area contributed by atoms with Crippen LogP contribution in [-0.2, 0) is 6.42 Å². The number of halogens is 1. The van der Waals surface area contributed by atoms with Gasteiger partial charge in [-0.25, -0.2) is 4.98 Å². The SMILES string of the molecule is O=C(c1cccc2ccccc12)N1CCCN(c2nc(Cc3ccc(Cl)cc3)ns2)CC1. The van der Waals surface area contributed by atoms with E-state index >= 15 is 0 Å². The molecule has 5 nitrogen and oxygen atoms in total. The van der Waals surface area contributed by atoms with Crippen LogP contribution in [0.2, 0.25) is 5.02 Å². The minimum absolute atomic E-state index is 0.101. The van der Waals surface area contributed by atoms with Crippen LogP contribution in [-0.4, -0.2) is 46.3 Å². The number of rotatable bonds is 4. The predicted octanol–water partition coefficient (Wildman–Crippen LogP) is 5.29. The molecule has 0 bridgehead atoms. The molecule has 5 rings (SSSR count). The maximum absolute atomic E-state index is 13.3. The first kappa shape index (κ1) is 20.9. The number of aromatic nitrogens is 2. The third-order valence-corrected chi connectivity index (χ3v) is 6.87. The Balaban J connectivity index is 1.27. The van der Waals surface area contributed by atoms with E-state index in [-0.39, 0.29) is 5.91 Å². The second-order valence-electron chi connectivity index (χ2n) is 7.96. The largest absolute Gasteiger partial charge is 0.345 e. The van der Waals surface area contributed by atoms with Gasteiger partial charge in [-0.2, -0.15) is 4.37 Å². The summed E-state index contributed by atoms with van der Waals surface area (Å²) in [6.45, 7) is 3.05. The van der Waals surface area contributed by atoms with Crippen LogP contribution < -0.4 is 4.90 Å². The lowest BCUT2D eigenvalue weighted by molar-refractivity contribution is 0.0769. The van der Waals surface area contributed by atoms with Gasteiger partial charge in [0.25, 0.3) is 5.91 Å². The Kier molecular flexibility index (Phi) is 6.06. The zero-order valence-corrected chi connectivity index (χ0v) is 19.1. The van der Waals surface area contributed by atoms with E-state index in [1.807, 2.05) is 71.6 Å². The van der Waals surface area contributed by atoms with E-state index in [0.717, 1.165) is 63.9 Å². The molecule has 32 heavy (non-hydrogen) atoms. The maximum Gasteiger partial charge on any atom is 0.254 e. The van der Waals surface area contributed by atoms with Gasteiger partial charge in [-0.05, 0) is 41.0 Å². The molecule has 1 fully saturated rings. The third-order valence-electron chi connectivity index (χ3n) is 5.81. The lowest BCUT2D eigenvalue weighted by Gasteiger charge is -2.22. The number of carbonyl (C=O) groups is 1. The van der Waals surface area contributed by atoms with Crippen molar-refractivity contribution < 1.29 is 4.79 Å². The molecule has 0 saturated carbocycles. The standard InChI is InChI=1S/C25H23ClN4OS/c26-20-11-9-18(10-12-20)17-23-27-25(32-28-23)30-14-4-13-29(15-16-30)24(31)22-8-3-6-19-5-1-2-7-21(19)22/h1-3,5-12H,4,13-17H2. The molecule has 1 saturated heterocycles. The molecule has 4 aromatic rings. The van der Waals surface area contributed by atoms with Gasteiger partial charge in [0, 0.05) is 54.7 Å². The van der Waals surface area contributed by atoms with Crippen molar-refractivity contribution in [2.75, 3.05) is 31.1 Å². The van der Waals surface area contributed by atoms with Crippen molar-refractivity contribution in [1.82, 2.24) is 14.3 Å². The summed E-state index contributed by atoms with van der Waals surface area (Å²) in [6, 6.07) is 21.8. The molecule has 0 spiro atoms. The molecule has 1 aliphatic rings. The lowest BCUT2D eigenvalue weighted by Crippen LogP contribution is -2.35. The Morgan fingerprint density at radius 3 is 2.62 bits per heavy atom. The van der Waals surface area contributed by atoms with Crippen LogP contribution in [0.4, 0.5) is 5.13 Å². The maximum atomic E-state index is 13.3. The lowest BCUT2D eigenvalue weighted by atomic mass is 10.0. The Morgan fingerprint density at radius 1 is 0.938 bits per heavy atom. The Labute approximate surface area is 196 Å². The molecule has 1 aliphatic heterocycles. The van der Waals surface area contributed by atoms with Crippen LogP contribution in [0.25, 0.3) is 10.8 Å². The molecule has 162 valence electrons. The van der Waals surface area contributed by atoms with Gasteiger partial charge in [-0.1, -0.05) is 60.1 Å². The Hall–Kier alpha value is -2.96. The zero-order chi connectivity index (χ0) is 21.9. The van der Waals surface area contributed by atoms with Crippen LogP contribution in [0.15, 0.2) is 66.7 Å². The highest BCUT2D eigenvalue weighted by Crippen LogP contribution is 2.23. The number of carbonyl (C=O) groups excluding carboxylic acids is 1. The van der Waals surface area contributed by atoms with Gasteiger partial charge >= 0.3 is 0 Å². The first-order chi connectivity index (χ1) is 15.7. The number of nitrogens with zero attached hydrogens (tertiary/aromatic N) is 4. The van der Waals surface area contributed by atoms with Gasteiger partial charge in [0.1, 0.15) is 5.82 Å². The molecule has 0 unspecified atom stereocenters. The molecular weight excluding hydrogens is 440 g/mol. The first-order valence-electron chi connectivity index (χ1n) is 10.8. The summed E-state index contributed by atoms with van der Waals surface area (Å²) in [6.07, 6.45) is 1.59. The summed E-state index contributed by atoms with van der Waals surface area (Å²) in [4.78, 5) is 22.3. The number of anilines is 1. The average molecular weight is 463 g/mol. The highest BCUT2D eigenvalue weighted by Gasteiger charge is 2.23. The van der Waals surface area contributed by atoms with E-state index in [0.29, 0.717) is 13.0 Å². The van der Waals surface area contributed by atoms with Crippen LogP contribution in [0, 0.1) is 0 Å². The molecule has 0 aliphatic carbocycles. The smallest absolute Gasteiger partial charge is 0.254 e. The summed E-state index contributed by atoms with van der Waals surface area (Å²) in [5.41, 5.74) is 1.92. The fourth-order valence-corrected chi connectivity index (χ4v) is 4.99. The predicted molar refractivity (Wildman–Crippen MR) is 131 cm³/mol. The van der Waals surface area contributed by atoms with Crippen LogP contribution >= 0.6 is 23.1 Å². The minimum Gasteiger partial charge on any atom is -0.345 e. The molecule has 1 aromatic heterocycles. The Bertz CT molecular complexity index is 1230. The van der Waals surface area contributed by atoms with E-state index in [4.69, 9.17) is 16.6 Å². The van der Waals surface area contributed by atoms with Crippen LogP contribution in [0.1, 0.15) is 28.2 Å². The van der Waals surface area contributed by atoms with Crippen LogP contribution in [0.5, 0.6) is 0 Å². The van der Waals surface area contributed by atoms with Crippen molar-refractivity contribution in [3.05, 3.63) is 88.7 Å². The average Bonchev–Trinajstić information content (AvgIpc) is 3.14. The molecule has 0 N–H and O–H groups in total. The molecule has 0 atom stereocenters. The fourth-order valence-electron chi connectivity index (χ4n) is 4.12. The number of amides is 1. The summed E-state index contributed by atoms with van der Waals surface area (Å²) in [5, 5.41) is 3.76. The Morgan fingerprint density at radius 2 is 1.75 bits per heavy atom. The van der Waals surface area contributed by atoms with Gasteiger partial charge in [-0.15, -0.1) is 0 Å². The van der Waals surface area contributed by atoms with E-state index in [2.05, 4.69) is 9.27 Å². The molecule has 2 heterocycles. The number of benzene rings is 3. The molecule has 0 radical (unpaired) electrons. The second kappa shape index (κ2) is 9.27. The van der Waals surface area contributed by atoms with Crippen molar-refractivity contribution in [3.63, 3.8) is 0 Å². The zero-order valence-electron chi connectivity index (χ0n) is 17.6. The molecule has 3 aromatic carbocycles. The monoisotopic (exact) mass is 462 g/mol. The van der Waals surface area contributed by atoms with Gasteiger partial charge in [0.15, 0.2) is 0 Å². The minimum atomic E-state index is 0.101. The van der Waals surface area contributed by atoms with Crippen molar-refractivity contribution >= 4 is 44.9 Å². The quantitative estimate of drug-likeness (QED) is 0.413. The summed E-state index contributed by atoms with van der Waals surface area (Å²) >= 11 is 7.40. The molecular formula is C25H23ClN4OS. The fraction of sp³-hybridized carbons (Fsp3) is 0.240. The molecule has 7 heteroatoms. The summed E-state index contributed by atoms with van der Waals surface area (Å²) < 4.78 is 4.55. The van der Waals surface area contributed by atoms with Gasteiger partial charge < -0.3 is 9.80 Å². The highest BCUT2D eigenvalue weighted by atomic mass is 35.5. The number of fused-ring (bicyclic) bond motifs is 1. The topological polar surface area (TPSA) is 49.3 Å². The van der Waals surface area contributed by atoms with Crippen molar-refractivity contribution in [3.8, 4) is 0 Å². The first-order valence-corrected chi connectivity index (χ1v) is 11.9. The van der Waals surface area contributed by atoms with Gasteiger partial charge in [0.2, 0.25) is 5.13 Å². The van der Waals surface area contributed by atoms with E-state index < -0.39 is 0 Å². The van der Waals surface area contributed by atoms with Crippen molar-refractivity contribution in [2.45, 2.75) is 12.8 Å². The van der Waals surface area contributed by atoms with Crippen molar-refractivity contribution in [1.29, 1.82) is 0 Å². The summed E-state index contributed by atoms with van der Waals surface area (Å²) in [7, 11) is 0. The van der Waals surface area contributed by atoms with Gasteiger partial charge in [-0.3, -0.25) is 4.79 Å². The number of hydrogen-bond donors (Lipinski definition) is 0. The second-order valence-corrected chi connectivity index (χ2v) is 9.12. The molecule has 1 amide bonds. The van der Waals surface area contributed by atoms with Crippen molar-refractivity contribution in [2.24, 2.45) is 0 Å². The summed E-state index contributed by atoms with van der Waals surface area (Å²) in [5.74, 6) is 0.921. The van der Waals surface area contributed by atoms with E-state index in [1.54, 1.807) is 0 Å². The van der Waals surface area contributed by atoms with E-state index in [1.165, 1.54) is 11.5 Å². The normalized spacial score (nSPS) is 14.5.